The molecule has 4 rings (SSSR count). The van der Waals surface area contributed by atoms with E-state index in [1.807, 2.05) is 0 Å². The lowest BCUT2D eigenvalue weighted by atomic mass is 10.00. The number of fused-ring (bicyclic) bond motifs is 1. The van der Waals surface area contributed by atoms with Crippen molar-refractivity contribution in [2.75, 3.05) is 4.90 Å². The standard InChI is InChI=1S/C24H17F6N4O/c1-14(2)34(22(35)16-9-8-15(23(25,26)27)12-18(16)24(28,29)30)20-7-4-3-6-17(20)19-13-21-31-10-5-11-33(21)32-19/h3-5,7-14H,1-2H3. The van der Waals surface area contributed by atoms with Gasteiger partial charge in [0, 0.05) is 30.1 Å². The molecule has 0 aliphatic rings. The summed E-state index contributed by atoms with van der Waals surface area (Å²) in [4.78, 5) is 18.7. The highest BCUT2D eigenvalue weighted by molar-refractivity contribution is 6.09. The zero-order valence-electron chi connectivity index (χ0n) is 18.3. The van der Waals surface area contributed by atoms with Gasteiger partial charge in [0.05, 0.1) is 28.1 Å². The van der Waals surface area contributed by atoms with Crippen molar-refractivity contribution in [1.82, 2.24) is 14.6 Å². The van der Waals surface area contributed by atoms with Gasteiger partial charge in [-0.2, -0.15) is 31.4 Å². The molecule has 0 unspecified atom stereocenters. The number of nitrogens with zero attached hydrogens (tertiary/aromatic N) is 4. The maximum Gasteiger partial charge on any atom is 0.417 e. The molecule has 11 heteroatoms. The zero-order chi connectivity index (χ0) is 25.5. The maximum absolute atomic E-state index is 13.7. The van der Waals surface area contributed by atoms with Crippen LogP contribution in [0.5, 0.6) is 0 Å². The predicted octanol–water partition coefficient (Wildman–Crippen LogP) is 6.29. The van der Waals surface area contributed by atoms with Crippen LogP contribution in [0.2, 0.25) is 0 Å². The molecule has 0 saturated carbocycles. The van der Waals surface area contributed by atoms with Gasteiger partial charge in [0.15, 0.2) is 5.65 Å². The van der Waals surface area contributed by atoms with E-state index in [1.54, 1.807) is 50.5 Å². The molecule has 2 aromatic carbocycles. The Labute approximate surface area is 195 Å². The molecule has 35 heavy (non-hydrogen) atoms. The van der Waals surface area contributed by atoms with Crippen molar-refractivity contribution in [3.05, 3.63) is 83.7 Å². The van der Waals surface area contributed by atoms with Crippen molar-refractivity contribution in [2.24, 2.45) is 0 Å². The number of carbonyl (C=O) groups excluding carboxylic acids is 1. The van der Waals surface area contributed by atoms with Gasteiger partial charge < -0.3 is 4.90 Å². The lowest BCUT2D eigenvalue weighted by Gasteiger charge is -2.29. The summed E-state index contributed by atoms with van der Waals surface area (Å²) in [6, 6.07) is 11.2. The van der Waals surface area contributed by atoms with Crippen LogP contribution in [-0.4, -0.2) is 26.5 Å². The van der Waals surface area contributed by atoms with E-state index < -0.39 is 41.0 Å². The minimum absolute atomic E-state index is 0.0441. The number of anilines is 1. The number of halogens is 6. The average Bonchev–Trinajstić information content (AvgIpc) is 3.22. The Morgan fingerprint density at radius 1 is 1.03 bits per heavy atom. The van der Waals surface area contributed by atoms with Crippen LogP contribution in [-0.2, 0) is 12.4 Å². The average molecular weight is 491 g/mol. The van der Waals surface area contributed by atoms with Gasteiger partial charge in [-0.05, 0) is 50.2 Å². The van der Waals surface area contributed by atoms with E-state index in [2.05, 4.69) is 16.1 Å². The highest BCUT2D eigenvalue weighted by atomic mass is 19.4. The fourth-order valence-electron chi connectivity index (χ4n) is 3.68. The molecule has 0 atom stereocenters. The molecule has 0 saturated heterocycles. The van der Waals surface area contributed by atoms with Gasteiger partial charge in [-0.25, -0.2) is 9.50 Å². The van der Waals surface area contributed by atoms with E-state index in [0.717, 1.165) is 4.90 Å². The summed E-state index contributed by atoms with van der Waals surface area (Å²) in [6.07, 6.45) is -6.98. The Hall–Kier alpha value is -3.89. The van der Waals surface area contributed by atoms with Crippen LogP contribution in [0.3, 0.4) is 0 Å². The summed E-state index contributed by atoms with van der Waals surface area (Å²) in [6.45, 7) is 3.16. The summed E-state index contributed by atoms with van der Waals surface area (Å²) in [5.74, 6) is -1.11. The van der Waals surface area contributed by atoms with Gasteiger partial charge in [-0.15, -0.1) is 0 Å². The van der Waals surface area contributed by atoms with E-state index in [0.29, 0.717) is 29.0 Å². The first-order valence-corrected chi connectivity index (χ1v) is 10.3. The fourth-order valence-corrected chi connectivity index (χ4v) is 3.68. The molecular weight excluding hydrogens is 474 g/mol. The summed E-state index contributed by atoms with van der Waals surface area (Å²) >= 11 is 0. The molecule has 4 aromatic rings. The van der Waals surface area contributed by atoms with Crippen LogP contribution in [0, 0.1) is 6.07 Å². The number of carbonyl (C=O) groups is 1. The minimum Gasteiger partial charge on any atom is -0.305 e. The smallest absolute Gasteiger partial charge is 0.305 e. The van der Waals surface area contributed by atoms with E-state index in [9.17, 15) is 31.1 Å². The second kappa shape index (κ2) is 8.71. The predicted molar refractivity (Wildman–Crippen MR) is 116 cm³/mol. The Morgan fingerprint density at radius 2 is 1.77 bits per heavy atom. The molecule has 2 heterocycles. The van der Waals surface area contributed by atoms with Crippen molar-refractivity contribution >= 4 is 17.2 Å². The third-order valence-corrected chi connectivity index (χ3v) is 5.20. The molecule has 1 radical (unpaired) electrons. The number of hydrogen-bond donors (Lipinski definition) is 0. The second-order valence-corrected chi connectivity index (χ2v) is 7.91. The number of rotatable bonds is 4. The summed E-state index contributed by atoms with van der Waals surface area (Å²) in [7, 11) is 0. The third kappa shape index (κ3) is 4.71. The fraction of sp³-hybridized carbons (Fsp3) is 0.208. The van der Waals surface area contributed by atoms with Crippen LogP contribution in [0.25, 0.3) is 16.9 Å². The largest absolute Gasteiger partial charge is 0.417 e. The Balaban J connectivity index is 1.86. The summed E-state index contributed by atoms with van der Waals surface area (Å²) in [5, 5.41) is 4.39. The molecule has 0 N–H and O–H groups in total. The molecule has 0 fully saturated rings. The number of benzene rings is 2. The topological polar surface area (TPSA) is 50.5 Å². The van der Waals surface area contributed by atoms with Crippen molar-refractivity contribution in [1.29, 1.82) is 0 Å². The Bertz CT molecular complexity index is 1360. The molecule has 181 valence electrons. The molecule has 1 amide bonds. The van der Waals surface area contributed by atoms with Crippen molar-refractivity contribution < 1.29 is 31.1 Å². The third-order valence-electron chi connectivity index (χ3n) is 5.20. The maximum atomic E-state index is 13.7. The number of aromatic nitrogens is 3. The normalized spacial score (nSPS) is 12.4. The van der Waals surface area contributed by atoms with Gasteiger partial charge in [-0.1, -0.05) is 12.1 Å². The lowest BCUT2D eigenvalue weighted by molar-refractivity contribution is -0.143. The molecule has 0 aliphatic heterocycles. The van der Waals surface area contributed by atoms with Crippen LogP contribution in [0.15, 0.2) is 60.9 Å². The van der Waals surface area contributed by atoms with Gasteiger partial charge in [-0.3, -0.25) is 4.79 Å². The summed E-state index contributed by atoms with van der Waals surface area (Å²) in [5.41, 5.74) is -2.68. The van der Waals surface area contributed by atoms with Gasteiger partial charge in [0.2, 0.25) is 0 Å². The first kappa shape index (κ1) is 24.2. The Kier molecular flexibility index (Phi) is 6.04. The van der Waals surface area contributed by atoms with Crippen LogP contribution >= 0.6 is 0 Å². The van der Waals surface area contributed by atoms with E-state index >= 15 is 0 Å². The van der Waals surface area contributed by atoms with Crippen molar-refractivity contribution in [3.63, 3.8) is 0 Å². The van der Waals surface area contributed by atoms with E-state index in [-0.39, 0.29) is 11.8 Å². The van der Waals surface area contributed by atoms with Crippen LogP contribution in [0.4, 0.5) is 32.0 Å². The highest BCUT2D eigenvalue weighted by Gasteiger charge is 2.40. The minimum atomic E-state index is -5.19. The van der Waals surface area contributed by atoms with E-state index in [1.165, 1.54) is 10.6 Å². The van der Waals surface area contributed by atoms with Gasteiger partial charge in [0.1, 0.15) is 0 Å². The van der Waals surface area contributed by atoms with Crippen LogP contribution in [0.1, 0.15) is 35.3 Å². The molecular formula is C24H17F6N4O. The first-order chi connectivity index (χ1) is 16.4. The number of hydrogen-bond acceptors (Lipinski definition) is 3. The monoisotopic (exact) mass is 491 g/mol. The van der Waals surface area contributed by atoms with Gasteiger partial charge >= 0.3 is 12.4 Å². The van der Waals surface area contributed by atoms with Crippen molar-refractivity contribution in [2.45, 2.75) is 32.2 Å². The highest BCUT2D eigenvalue weighted by Crippen LogP contribution is 2.39. The van der Waals surface area contributed by atoms with Gasteiger partial charge in [0.25, 0.3) is 5.91 Å². The number of amides is 1. The van der Waals surface area contributed by atoms with Crippen LogP contribution < -0.4 is 4.90 Å². The second-order valence-electron chi connectivity index (χ2n) is 7.91. The lowest BCUT2D eigenvalue weighted by Crippen LogP contribution is -2.38. The molecule has 0 spiro atoms. The molecule has 2 aromatic heterocycles. The van der Waals surface area contributed by atoms with E-state index in [4.69, 9.17) is 0 Å². The quantitative estimate of drug-likeness (QED) is 0.316. The zero-order valence-corrected chi connectivity index (χ0v) is 18.3. The first-order valence-electron chi connectivity index (χ1n) is 10.3. The molecule has 0 bridgehead atoms. The van der Waals surface area contributed by atoms with Crippen molar-refractivity contribution in [3.8, 4) is 11.3 Å². The number of alkyl halides is 6. The Morgan fingerprint density at radius 3 is 2.40 bits per heavy atom. The SMILES string of the molecule is CC(C)N(C(=O)c1ccc(C(F)(F)F)cc1C(F)(F)F)c1ccc[c]c1-c1cc2ncccn2n1. The summed E-state index contributed by atoms with van der Waals surface area (Å²) < 4.78 is 82.0. The molecule has 5 nitrogen and oxygen atoms in total. The molecule has 0 aliphatic carbocycles.